The van der Waals surface area contributed by atoms with Crippen LogP contribution in [-0.4, -0.2) is 23.5 Å². The third kappa shape index (κ3) is 4.89. The number of rotatable bonds is 5. The van der Waals surface area contributed by atoms with E-state index < -0.39 is 0 Å². The fourth-order valence-electron chi connectivity index (χ4n) is 1.42. The van der Waals surface area contributed by atoms with Crippen LogP contribution in [0.2, 0.25) is 0 Å². The van der Waals surface area contributed by atoms with E-state index in [2.05, 4.69) is 43.3 Å². The molecule has 4 heteroatoms. The number of anilines is 1. The van der Waals surface area contributed by atoms with E-state index in [0.717, 1.165) is 18.8 Å². The molecule has 0 saturated heterocycles. The standard InChI is InChI=1S/C15H25N3O/c1-6-8-16-13-10-12(7-9-17-13)14(19)18-11(2)15(3,4)5/h7,9-11H,6,8H2,1-5H3,(H,16,17)(H,18,19). The molecule has 106 valence electrons. The fourth-order valence-corrected chi connectivity index (χ4v) is 1.42. The van der Waals surface area contributed by atoms with Crippen molar-refractivity contribution in [3.8, 4) is 0 Å². The molecule has 0 spiro atoms. The van der Waals surface area contributed by atoms with Gasteiger partial charge in [0.25, 0.3) is 5.91 Å². The molecule has 0 bridgehead atoms. The van der Waals surface area contributed by atoms with E-state index in [0.29, 0.717) is 5.56 Å². The number of carbonyl (C=O) groups is 1. The molecule has 0 fully saturated rings. The molecule has 1 unspecified atom stereocenters. The molecular weight excluding hydrogens is 238 g/mol. The second-order valence-electron chi connectivity index (χ2n) is 5.92. The van der Waals surface area contributed by atoms with Gasteiger partial charge in [0.15, 0.2) is 0 Å². The predicted octanol–water partition coefficient (Wildman–Crippen LogP) is 3.07. The largest absolute Gasteiger partial charge is 0.370 e. The lowest BCUT2D eigenvalue weighted by Crippen LogP contribution is -2.41. The average Bonchev–Trinajstić information content (AvgIpc) is 2.35. The van der Waals surface area contributed by atoms with Gasteiger partial charge in [-0.3, -0.25) is 4.79 Å². The Balaban J connectivity index is 2.72. The quantitative estimate of drug-likeness (QED) is 0.858. The molecule has 0 radical (unpaired) electrons. The lowest BCUT2D eigenvalue weighted by atomic mass is 9.88. The van der Waals surface area contributed by atoms with Crippen molar-refractivity contribution < 1.29 is 4.79 Å². The van der Waals surface area contributed by atoms with Gasteiger partial charge >= 0.3 is 0 Å². The Labute approximate surface area is 116 Å². The average molecular weight is 263 g/mol. The van der Waals surface area contributed by atoms with Crippen molar-refractivity contribution in [3.63, 3.8) is 0 Å². The number of hydrogen-bond donors (Lipinski definition) is 2. The molecule has 0 aliphatic carbocycles. The summed E-state index contributed by atoms with van der Waals surface area (Å²) in [4.78, 5) is 16.4. The molecule has 4 nitrogen and oxygen atoms in total. The minimum absolute atomic E-state index is 0.0476. The van der Waals surface area contributed by atoms with Crippen LogP contribution in [0.25, 0.3) is 0 Å². The first-order valence-corrected chi connectivity index (χ1v) is 6.85. The summed E-state index contributed by atoms with van der Waals surface area (Å²) in [6.07, 6.45) is 2.69. The molecule has 1 amide bonds. The van der Waals surface area contributed by atoms with E-state index in [1.807, 2.05) is 6.92 Å². The molecule has 1 atom stereocenters. The van der Waals surface area contributed by atoms with E-state index in [9.17, 15) is 4.79 Å². The van der Waals surface area contributed by atoms with Crippen molar-refractivity contribution in [2.75, 3.05) is 11.9 Å². The lowest BCUT2D eigenvalue weighted by Gasteiger charge is -2.28. The highest BCUT2D eigenvalue weighted by molar-refractivity contribution is 5.95. The van der Waals surface area contributed by atoms with Gasteiger partial charge in [-0.05, 0) is 30.9 Å². The zero-order chi connectivity index (χ0) is 14.5. The van der Waals surface area contributed by atoms with Gasteiger partial charge in [-0.2, -0.15) is 0 Å². The highest BCUT2D eigenvalue weighted by atomic mass is 16.1. The molecule has 2 N–H and O–H groups in total. The summed E-state index contributed by atoms with van der Waals surface area (Å²) in [7, 11) is 0. The number of aromatic nitrogens is 1. The highest BCUT2D eigenvalue weighted by Gasteiger charge is 2.22. The maximum atomic E-state index is 12.2. The smallest absolute Gasteiger partial charge is 0.251 e. The van der Waals surface area contributed by atoms with Crippen LogP contribution in [0.5, 0.6) is 0 Å². The van der Waals surface area contributed by atoms with Crippen molar-refractivity contribution in [2.45, 2.75) is 47.1 Å². The number of nitrogens with one attached hydrogen (secondary N) is 2. The van der Waals surface area contributed by atoms with Crippen molar-refractivity contribution in [1.82, 2.24) is 10.3 Å². The van der Waals surface area contributed by atoms with E-state index in [-0.39, 0.29) is 17.4 Å². The monoisotopic (exact) mass is 263 g/mol. The first-order chi connectivity index (χ1) is 8.84. The summed E-state index contributed by atoms with van der Waals surface area (Å²) in [5.74, 6) is 0.697. The van der Waals surface area contributed by atoms with Crippen molar-refractivity contribution in [2.24, 2.45) is 5.41 Å². The van der Waals surface area contributed by atoms with Crippen LogP contribution in [-0.2, 0) is 0 Å². The normalized spacial score (nSPS) is 12.9. The Hall–Kier alpha value is -1.58. The molecule has 0 aliphatic rings. The van der Waals surface area contributed by atoms with E-state index in [1.165, 1.54) is 0 Å². The second kappa shape index (κ2) is 6.55. The fraction of sp³-hybridized carbons (Fsp3) is 0.600. The van der Waals surface area contributed by atoms with Gasteiger partial charge in [-0.25, -0.2) is 4.98 Å². The van der Waals surface area contributed by atoms with E-state index in [1.54, 1.807) is 18.3 Å². The molecule has 1 aromatic heterocycles. The first kappa shape index (κ1) is 15.5. The number of hydrogen-bond acceptors (Lipinski definition) is 3. The minimum Gasteiger partial charge on any atom is -0.370 e. The van der Waals surface area contributed by atoms with Gasteiger partial charge in [0.05, 0.1) is 0 Å². The zero-order valence-electron chi connectivity index (χ0n) is 12.6. The topological polar surface area (TPSA) is 54.0 Å². The summed E-state index contributed by atoms with van der Waals surface area (Å²) >= 11 is 0. The first-order valence-electron chi connectivity index (χ1n) is 6.85. The Morgan fingerprint density at radius 3 is 2.68 bits per heavy atom. The van der Waals surface area contributed by atoms with Crippen LogP contribution < -0.4 is 10.6 Å². The highest BCUT2D eigenvalue weighted by Crippen LogP contribution is 2.19. The Morgan fingerprint density at radius 1 is 1.42 bits per heavy atom. The van der Waals surface area contributed by atoms with E-state index in [4.69, 9.17) is 0 Å². The summed E-state index contributed by atoms with van der Waals surface area (Å²) in [6, 6.07) is 3.64. The Kier molecular flexibility index (Phi) is 5.33. The van der Waals surface area contributed by atoms with Gasteiger partial charge in [-0.15, -0.1) is 0 Å². The van der Waals surface area contributed by atoms with Crippen LogP contribution in [0.3, 0.4) is 0 Å². The van der Waals surface area contributed by atoms with Gasteiger partial charge in [0.2, 0.25) is 0 Å². The van der Waals surface area contributed by atoms with Crippen LogP contribution in [0.15, 0.2) is 18.3 Å². The molecule has 0 saturated carbocycles. The molecular formula is C15H25N3O. The SMILES string of the molecule is CCCNc1cc(C(=O)NC(C)C(C)(C)C)ccn1. The van der Waals surface area contributed by atoms with Crippen molar-refractivity contribution in [3.05, 3.63) is 23.9 Å². The summed E-state index contributed by atoms with van der Waals surface area (Å²) in [6.45, 7) is 11.3. The van der Waals surface area contributed by atoms with Crippen molar-refractivity contribution >= 4 is 11.7 Å². The van der Waals surface area contributed by atoms with Crippen molar-refractivity contribution in [1.29, 1.82) is 0 Å². The molecule has 0 aromatic carbocycles. The Morgan fingerprint density at radius 2 is 2.11 bits per heavy atom. The van der Waals surface area contributed by atoms with Gasteiger partial charge in [-0.1, -0.05) is 27.7 Å². The summed E-state index contributed by atoms with van der Waals surface area (Å²) < 4.78 is 0. The van der Waals surface area contributed by atoms with Gasteiger partial charge in [0, 0.05) is 24.3 Å². The zero-order valence-corrected chi connectivity index (χ0v) is 12.6. The van der Waals surface area contributed by atoms with Gasteiger partial charge < -0.3 is 10.6 Å². The number of nitrogens with zero attached hydrogens (tertiary/aromatic N) is 1. The Bertz CT molecular complexity index is 424. The molecule has 1 heterocycles. The summed E-state index contributed by atoms with van der Waals surface area (Å²) in [5, 5.41) is 6.21. The number of carbonyl (C=O) groups excluding carboxylic acids is 1. The van der Waals surface area contributed by atoms with Crippen LogP contribution in [0, 0.1) is 5.41 Å². The third-order valence-corrected chi connectivity index (χ3v) is 3.22. The number of pyridine rings is 1. The third-order valence-electron chi connectivity index (χ3n) is 3.22. The number of amides is 1. The molecule has 19 heavy (non-hydrogen) atoms. The van der Waals surface area contributed by atoms with Crippen LogP contribution >= 0.6 is 0 Å². The van der Waals surface area contributed by atoms with Crippen LogP contribution in [0.1, 0.15) is 51.4 Å². The summed E-state index contributed by atoms with van der Waals surface area (Å²) in [5.41, 5.74) is 0.691. The van der Waals surface area contributed by atoms with Crippen LogP contribution in [0.4, 0.5) is 5.82 Å². The molecule has 1 aromatic rings. The van der Waals surface area contributed by atoms with Gasteiger partial charge in [0.1, 0.15) is 5.82 Å². The minimum atomic E-state index is -0.0515. The molecule has 1 rings (SSSR count). The molecule has 0 aliphatic heterocycles. The predicted molar refractivity (Wildman–Crippen MR) is 79.4 cm³/mol. The second-order valence-corrected chi connectivity index (χ2v) is 5.92. The maximum Gasteiger partial charge on any atom is 0.251 e. The maximum absolute atomic E-state index is 12.2. The van der Waals surface area contributed by atoms with E-state index >= 15 is 0 Å². The lowest BCUT2D eigenvalue weighted by molar-refractivity contribution is 0.0910.